The van der Waals surface area contributed by atoms with Crippen molar-refractivity contribution >= 4 is 5.78 Å². The molecule has 18 heavy (non-hydrogen) atoms. The predicted molar refractivity (Wildman–Crippen MR) is 67.0 cm³/mol. The molecule has 0 spiro atoms. The molecule has 2 rings (SSSR count). The Balaban J connectivity index is 1.82. The van der Waals surface area contributed by atoms with Crippen molar-refractivity contribution in [2.24, 2.45) is 5.92 Å². The Morgan fingerprint density at radius 3 is 3.00 bits per heavy atom. The van der Waals surface area contributed by atoms with Crippen LogP contribution in [0.25, 0.3) is 0 Å². The van der Waals surface area contributed by atoms with Crippen molar-refractivity contribution in [2.75, 3.05) is 26.2 Å². The van der Waals surface area contributed by atoms with Gasteiger partial charge >= 0.3 is 0 Å². The van der Waals surface area contributed by atoms with Crippen LogP contribution in [0.3, 0.4) is 0 Å². The minimum Gasteiger partial charge on any atom is -0.396 e. The number of aliphatic hydroxyl groups excluding tert-OH is 1. The van der Waals surface area contributed by atoms with Crippen molar-refractivity contribution < 1.29 is 14.3 Å². The van der Waals surface area contributed by atoms with Crippen LogP contribution in [0.15, 0.2) is 24.3 Å². The van der Waals surface area contributed by atoms with Gasteiger partial charge in [0.15, 0.2) is 5.78 Å². The lowest BCUT2D eigenvalue weighted by Gasteiger charge is -2.14. The molecule has 1 aliphatic heterocycles. The molecule has 1 heterocycles. The molecule has 1 N–H and O–H groups in total. The lowest BCUT2D eigenvalue weighted by molar-refractivity contribution is 0.0967. The second-order valence-electron chi connectivity index (χ2n) is 4.82. The van der Waals surface area contributed by atoms with Crippen LogP contribution in [0.1, 0.15) is 23.2 Å². The number of carbonyl (C=O) groups is 1. The first-order valence-electron chi connectivity index (χ1n) is 6.31. The SMILES string of the molecule is O=C(CCN1CCC(CO)C1)c1cccc(F)c1. The fourth-order valence-corrected chi connectivity index (χ4v) is 2.33. The molecule has 4 heteroatoms. The van der Waals surface area contributed by atoms with Gasteiger partial charge in [-0.3, -0.25) is 4.79 Å². The van der Waals surface area contributed by atoms with Gasteiger partial charge in [-0.05, 0) is 31.0 Å². The maximum absolute atomic E-state index is 13.0. The first-order valence-corrected chi connectivity index (χ1v) is 6.31. The van der Waals surface area contributed by atoms with Crippen molar-refractivity contribution in [3.05, 3.63) is 35.6 Å². The number of ketones is 1. The molecule has 0 aliphatic carbocycles. The summed E-state index contributed by atoms with van der Waals surface area (Å²) in [6.07, 6.45) is 1.40. The van der Waals surface area contributed by atoms with Crippen molar-refractivity contribution in [1.82, 2.24) is 4.90 Å². The molecule has 1 atom stereocenters. The first kappa shape index (κ1) is 13.2. The Labute approximate surface area is 106 Å². The van der Waals surface area contributed by atoms with Crippen LogP contribution in [0.4, 0.5) is 4.39 Å². The summed E-state index contributed by atoms with van der Waals surface area (Å²) in [4.78, 5) is 14.0. The molecule has 3 nitrogen and oxygen atoms in total. The third-order valence-electron chi connectivity index (χ3n) is 3.43. The zero-order valence-electron chi connectivity index (χ0n) is 10.3. The Kier molecular flexibility index (Phi) is 4.44. The van der Waals surface area contributed by atoms with Crippen molar-refractivity contribution in [2.45, 2.75) is 12.8 Å². The summed E-state index contributed by atoms with van der Waals surface area (Å²) in [5, 5.41) is 9.03. The van der Waals surface area contributed by atoms with Gasteiger partial charge in [0.1, 0.15) is 5.82 Å². The Morgan fingerprint density at radius 2 is 2.33 bits per heavy atom. The molecule has 0 bridgehead atoms. The van der Waals surface area contributed by atoms with E-state index in [0.717, 1.165) is 19.5 Å². The monoisotopic (exact) mass is 251 g/mol. The zero-order chi connectivity index (χ0) is 13.0. The molecule has 98 valence electrons. The molecular weight excluding hydrogens is 233 g/mol. The fourth-order valence-electron chi connectivity index (χ4n) is 2.33. The van der Waals surface area contributed by atoms with Gasteiger partial charge in [0.2, 0.25) is 0 Å². The number of benzene rings is 1. The summed E-state index contributed by atoms with van der Waals surface area (Å²) >= 11 is 0. The smallest absolute Gasteiger partial charge is 0.164 e. The number of Topliss-reactive ketones (excluding diaryl/α,β-unsaturated/α-hetero) is 1. The van der Waals surface area contributed by atoms with Gasteiger partial charge in [-0.25, -0.2) is 4.39 Å². The number of rotatable bonds is 5. The van der Waals surface area contributed by atoms with Crippen molar-refractivity contribution in [3.8, 4) is 0 Å². The number of hydrogen-bond acceptors (Lipinski definition) is 3. The van der Waals surface area contributed by atoms with E-state index in [1.54, 1.807) is 12.1 Å². The molecule has 1 fully saturated rings. The highest BCUT2D eigenvalue weighted by atomic mass is 19.1. The second kappa shape index (κ2) is 6.07. The van der Waals surface area contributed by atoms with Crippen LogP contribution < -0.4 is 0 Å². The lowest BCUT2D eigenvalue weighted by Crippen LogP contribution is -2.24. The van der Waals surface area contributed by atoms with E-state index in [1.165, 1.54) is 12.1 Å². The summed E-state index contributed by atoms with van der Waals surface area (Å²) in [5.74, 6) is -0.0569. The number of halogens is 1. The van der Waals surface area contributed by atoms with Crippen LogP contribution >= 0.6 is 0 Å². The maximum Gasteiger partial charge on any atom is 0.164 e. The summed E-state index contributed by atoms with van der Waals surface area (Å²) in [7, 11) is 0. The molecule has 0 aromatic heterocycles. The number of carbonyl (C=O) groups excluding carboxylic acids is 1. The van der Waals surface area contributed by atoms with E-state index in [-0.39, 0.29) is 18.2 Å². The molecule has 0 amide bonds. The summed E-state index contributed by atoms with van der Waals surface area (Å²) in [5.41, 5.74) is 0.438. The largest absolute Gasteiger partial charge is 0.396 e. The topological polar surface area (TPSA) is 40.5 Å². The fraction of sp³-hybridized carbons (Fsp3) is 0.500. The third-order valence-corrected chi connectivity index (χ3v) is 3.43. The van der Waals surface area contributed by atoms with E-state index in [2.05, 4.69) is 4.90 Å². The quantitative estimate of drug-likeness (QED) is 0.810. The van der Waals surface area contributed by atoms with Gasteiger partial charge in [0.25, 0.3) is 0 Å². The summed E-state index contributed by atoms with van der Waals surface area (Å²) in [6.45, 7) is 2.69. The molecule has 1 saturated heterocycles. The Morgan fingerprint density at radius 1 is 1.50 bits per heavy atom. The van der Waals surface area contributed by atoms with Gasteiger partial charge in [-0.2, -0.15) is 0 Å². The van der Waals surface area contributed by atoms with E-state index in [9.17, 15) is 9.18 Å². The molecule has 1 unspecified atom stereocenters. The summed E-state index contributed by atoms with van der Waals surface area (Å²) in [6, 6.07) is 5.82. The normalized spacial score (nSPS) is 20.2. The van der Waals surface area contributed by atoms with Gasteiger partial charge in [0, 0.05) is 31.7 Å². The minimum absolute atomic E-state index is 0.0260. The highest BCUT2D eigenvalue weighted by molar-refractivity contribution is 5.96. The Bertz CT molecular complexity index is 422. The molecule has 1 aromatic carbocycles. The average molecular weight is 251 g/mol. The number of nitrogens with zero attached hydrogens (tertiary/aromatic N) is 1. The van der Waals surface area contributed by atoms with Gasteiger partial charge in [-0.1, -0.05) is 12.1 Å². The van der Waals surface area contributed by atoms with E-state index in [4.69, 9.17) is 5.11 Å². The predicted octanol–water partition coefficient (Wildman–Crippen LogP) is 1.71. The van der Waals surface area contributed by atoms with Gasteiger partial charge in [-0.15, -0.1) is 0 Å². The molecule has 0 radical (unpaired) electrons. The van der Waals surface area contributed by atoms with Crippen molar-refractivity contribution in [1.29, 1.82) is 0 Å². The molecule has 0 saturated carbocycles. The number of hydrogen-bond donors (Lipinski definition) is 1. The number of aliphatic hydroxyl groups is 1. The highest BCUT2D eigenvalue weighted by Gasteiger charge is 2.21. The van der Waals surface area contributed by atoms with Crippen LogP contribution in [0.2, 0.25) is 0 Å². The van der Waals surface area contributed by atoms with E-state index < -0.39 is 0 Å². The minimum atomic E-state index is -0.373. The van der Waals surface area contributed by atoms with Crippen LogP contribution in [-0.4, -0.2) is 42.0 Å². The van der Waals surface area contributed by atoms with Crippen molar-refractivity contribution in [3.63, 3.8) is 0 Å². The first-order chi connectivity index (χ1) is 8.69. The Hall–Kier alpha value is -1.26. The zero-order valence-corrected chi connectivity index (χ0v) is 10.3. The third kappa shape index (κ3) is 3.37. The average Bonchev–Trinajstić information content (AvgIpc) is 2.84. The second-order valence-corrected chi connectivity index (χ2v) is 4.82. The van der Waals surface area contributed by atoms with E-state index in [0.29, 0.717) is 24.4 Å². The van der Waals surface area contributed by atoms with Crippen LogP contribution in [0.5, 0.6) is 0 Å². The molecule has 1 aromatic rings. The highest BCUT2D eigenvalue weighted by Crippen LogP contribution is 2.16. The molecular formula is C14H18FNO2. The standard InChI is InChI=1S/C14H18FNO2/c15-13-3-1-2-12(8-13)14(18)5-7-16-6-4-11(9-16)10-17/h1-3,8,11,17H,4-7,9-10H2. The van der Waals surface area contributed by atoms with E-state index in [1.807, 2.05) is 0 Å². The van der Waals surface area contributed by atoms with Crippen LogP contribution in [-0.2, 0) is 0 Å². The maximum atomic E-state index is 13.0. The van der Waals surface area contributed by atoms with Gasteiger partial charge < -0.3 is 10.0 Å². The van der Waals surface area contributed by atoms with E-state index >= 15 is 0 Å². The number of likely N-dealkylation sites (tertiary alicyclic amines) is 1. The lowest BCUT2D eigenvalue weighted by atomic mass is 10.1. The molecule has 1 aliphatic rings. The summed E-state index contributed by atoms with van der Waals surface area (Å²) < 4.78 is 13.0. The van der Waals surface area contributed by atoms with Gasteiger partial charge in [0.05, 0.1) is 0 Å². The van der Waals surface area contributed by atoms with Crippen LogP contribution in [0, 0.1) is 11.7 Å².